The number of amides is 1. The highest BCUT2D eigenvalue weighted by atomic mass is 16.5. The smallest absolute Gasteiger partial charge is 0.226 e. The van der Waals surface area contributed by atoms with Gasteiger partial charge in [0.15, 0.2) is 0 Å². The van der Waals surface area contributed by atoms with E-state index in [0.29, 0.717) is 25.1 Å². The number of carbonyl (C=O) groups is 1. The molecule has 5 nitrogen and oxygen atoms in total. The summed E-state index contributed by atoms with van der Waals surface area (Å²) in [5.41, 5.74) is 2.08. The SMILES string of the molecule is COc1ccc(OC)c(COc2ccc(CN(C(=O)C3CC3)C3CC3)cc2)c1. The van der Waals surface area contributed by atoms with Crippen LogP contribution in [0, 0.1) is 5.92 Å². The molecule has 2 fully saturated rings. The Kier molecular flexibility index (Phi) is 5.42. The molecule has 5 heteroatoms. The summed E-state index contributed by atoms with van der Waals surface area (Å²) in [4.78, 5) is 14.6. The van der Waals surface area contributed by atoms with E-state index in [1.807, 2.05) is 42.5 Å². The minimum atomic E-state index is 0.279. The zero-order valence-corrected chi connectivity index (χ0v) is 16.5. The molecule has 148 valence electrons. The Labute approximate surface area is 166 Å². The van der Waals surface area contributed by atoms with Gasteiger partial charge in [-0.2, -0.15) is 0 Å². The van der Waals surface area contributed by atoms with Crippen molar-refractivity contribution in [2.24, 2.45) is 5.92 Å². The Morgan fingerprint density at radius 2 is 1.68 bits per heavy atom. The second-order valence-corrected chi connectivity index (χ2v) is 7.58. The number of methoxy groups -OCH3 is 2. The number of nitrogens with zero attached hydrogens (tertiary/aromatic N) is 1. The number of carbonyl (C=O) groups excluding carboxylic acids is 1. The topological polar surface area (TPSA) is 48.0 Å². The Balaban J connectivity index is 1.37. The molecule has 0 N–H and O–H groups in total. The van der Waals surface area contributed by atoms with Gasteiger partial charge in [-0.1, -0.05) is 12.1 Å². The standard InChI is InChI=1S/C23H27NO4/c1-26-21-11-12-22(27-2)18(13-21)15-28-20-9-3-16(4-10-20)14-24(19-7-8-19)23(25)17-5-6-17/h3-4,9-13,17,19H,5-8,14-15H2,1-2H3. The highest BCUT2D eigenvalue weighted by molar-refractivity contribution is 5.81. The summed E-state index contributed by atoms with van der Waals surface area (Å²) < 4.78 is 16.6. The molecule has 2 aliphatic rings. The van der Waals surface area contributed by atoms with Crippen LogP contribution in [0.2, 0.25) is 0 Å². The lowest BCUT2D eigenvalue weighted by Crippen LogP contribution is -2.33. The average Bonchev–Trinajstić information content (AvgIpc) is 3.63. The Morgan fingerprint density at radius 1 is 0.964 bits per heavy atom. The van der Waals surface area contributed by atoms with Crippen molar-refractivity contribution in [1.29, 1.82) is 0 Å². The Morgan fingerprint density at radius 3 is 2.29 bits per heavy atom. The van der Waals surface area contributed by atoms with Gasteiger partial charge in [0.05, 0.1) is 14.2 Å². The minimum Gasteiger partial charge on any atom is -0.497 e. The molecule has 0 bridgehead atoms. The van der Waals surface area contributed by atoms with Crippen molar-refractivity contribution >= 4 is 5.91 Å². The summed E-state index contributed by atoms with van der Waals surface area (Å²) in [5, 5.41) is 0. The van der Waals surface area contributed by atoms with Gasteiger partial charge < -0.3 is 19.1 Å². The Bertz CT molecular complexity index is 825. The van der Waals surface area contributed by atoms with E-state index in [4.69, 9.17) is 14.2 Å². The predicted molar refractivity (Wildman–Crippen MR) is 107 cm³/mol. The molecule has 2 saturated carbocycles. The molecule has 0 saturated heterocycles. The van der Waals surface area contributed by atoms with Crippen molar-refractivity contribution in [3.05, 3.63) is 53.6 Å². The molecule has 0 aromatic heterocycles. The molecular formula is C23H27NO4. The summed E-state index contributed by atoms with van der Waals surface area (Å²) in [6.07, 6.45) is 4.40. The lowest BCUT2D eigenvalue weighted by Gasteiger charge is -2.22. The molecule has 0 atom stereocenters. The molecule has 2 aromatic carbocycles. The van der Waals surface area contributed by atoms with Gasteiger partial charge in [-0.05, 0) is 61.6 Å². The van der Waals surface area contributed by atoms with Gasteiger partial charge in [-0.3, -0.25) is 4.79 Å². The van der Waals surface area contributed by atoms with Crippen molar-refractivity contribution in [2.75, 3.05) is 14.2 Å². The summed E-state index contributed by atoms with van der Waals surface area (Å²) in [7, 11) is 3.29. The number of hydrogen-bond acceptors (Lipinski definition) is 4. The van der Waals surface area contributed by atoms with Gasteiger partial charge in [0, 0.05) is 24.1 Å². The molecule has 0 spiro atoms. The quantitative estimate of drug-likeness (QED) is 0.654. The van der Waals surface area contributed by atoms with Crippen LogP contribution in [0.3, 0.4) is 0 Å². The third-order valence-corrected chi connectivity index (χ3v) is 5.36. The van der Waals surface area contributed by atoms with Crippen LogP contribution in [0.15, 0.2) is 42.5 Å². The van der Waals surface area contributed by atoms with E-state index in [1.165, 1.54) is 0 Å². The summed E-state index contributed by atoms with van der Waals surface area (Å²) >= 11 is 0. The zero-order chi connectivity index (χ0) is 19.5. The van der Waals surface area contributed by atoms with Crippen LogP contribution in [0.1, 0.15) is 36.8 Å². The first-order chi connectivity index (χ1) is 13.7. The van der Waals surface area contributed by atoms with Crippen LogP contribution in [0.4, 0.5) is 0 Å². The van der Waals surface area contributed by atoms with Gasteiger partial charge in [0.2, 0.25) is 5.91 Å². The third-order valence-electron chi connectivity index (χ3n) is 5.36. The summed E-state index contributed by atoms with van der Waals surface area (Å²) in [5.74, 6) is 2.96. The van der Waals surface area contributed by atoms with Crippen molar-refractivity contribution in [3.63, 3.8) is 0 Å². The highest BCUT2D eigenvalue weighted by Crippen LogP contribution is 2.37. The van der Waals surface area contributed by atoms with E-state index in [-0.39, 0.29) is 5.92 Å². The lowest BCUT2D eigenvalue weighted by atomic mass is 10.2. The third kappa shape index (κ3) is 4.41. The van der Waals surface area contributed by atoms with Crippen LogP contribution < -0.4 is 14.2 Å². The van der Waals surface area contributed by atoms with Crippen LogP contribution in [-0.2, 0) is 17.9 Å². The molecule has 0 aliphatic heterocycles. The normalized spacial score (nSPS) is 15.8. The van der Waals surface area contributed by atoms with Crippen molar-refractivity contribution in [3.8, 4) is 17.2 Å². The number of hydrogen-bond donors (Lipinski definition) is 0. The van der Waals surface area contributed by atoms with Crippen LogP contribution in [0.5, 0.6) is 17.2 Å². The molecular weight excluding hydrogens is 354 g/mol. The highest BCUT2D eigenvalue weighted by Gasteiger charge is 2.39. The minimum absolute atomic E-state index is 0.279. The van der Waals surface area contributed by atoms with E-state index in [1.54, 1.807) is 14.2 Å². The largest absolute Gasteiger partial charge is 0.497 e. The predicted octanol–water partition coefficient (Wildman–Crippen LogP) is 4.18. The number of rotatable bonds is 9. The van der Waals surface area contributed by atoms with Crippen LogP contribution >= 0.6 is 0 Å². The fraction of sp³-hybridized carbons (Fsp3) is 0.435. The first-order valence-electron chi connectivity index (χ1n) is 9.91. The molecule has 28 heavy (non-hydrogen) atoms. The average molecular weight is 381 g/mol. The zero-order valence-electron chi connectivity index (χ0n) is 16.5. The number of ether oxygens (including phenoxy) is 3. The fourth-order valence-electron chi connectivity index (χ4n) is 3.38. The molecule has 0 unspecified atom stereocenters. The molecule has 1 amide bonds. The summed E-state index contributed by atoms with van der Waals surface area (Å²) in [6.45, 7) is 1.10. The van der Waals surface area contributed by atoms with E-state index in [0.717, 1.165) is 54.1 Å². The molecule has 0 radical (unpaired) electrons. The van der Waals surface area contributed by atoms with E-state index < -0.39 is 0 Å². The maximum Gasteiger partial charge on any atom is 0.226 e. The lowest BCUT2D eigenvalue weighted by molar-refractivity contribution is -0.133. The van der Waals surface area contributed by atoms with E-state index >= 15 is 0 Å². The molecule has 4 rings (SSSR count). The maximum absolute atomic E-state index is 12.5. The van der Waals surface area contributed by atoms with E-state index in [9.17, 15) is 4.79 Å². The molecule has 2 aromatic rings. The van der Waals surface area contributed by atoms with Gasteiger partial charge in [0.1, 0.15) is 23.9 Å². The van der Waals surface area contributed by atoms with Crippen LogP contribution in [0.25, 0.3) is 0 Å². The second kappa shape index (κ2) is 8.13. The first kappa shape index (κ1) is 18.7. The Hall–Kier alpha value is -2.69. The van der Waals surface area contributed by atoms with E-state index in [2.05, 4.69) is 4.90 Å². The van der Waals surface area contributed by atoms with Crippen molar-refractivity contribution in [1.82, 2.24) is 4.90 Å². The molecule has 0 heterocycles. The van der Waals surface area contributed by atoms with Crippen molar-refractivity contribution in [2.45, 2.75) is 44.9 Å². The molecule has 2 aliphatic carbocycles. The second-order valence-electron chi connectivity index (χ2n) is 7.58. The van der Waals surface area contributed by atoms with Gasteiger partial charge in [-0.15, -0.1) is 0 Å². The van der Waals surface area contributed by atoms with Crippen LogP contribution in [-0.4, -0.2) is 31.1 Å². The number of benzene rings is 2. The van der Waals surface area contributed by atoms with Gasteiger partial charge in [0.25, 0.3) is 0 Å². The fourth-order valence-corrected chi connectivity index (χ4v) is 3.38. The van der Waals surface area contributed by atoms with Gasteiger partial charge >= 0.3 is 0 Å². The maximum atomic E-state index is 12.5. The van der Waals surface area contributed by atoms with Crippen molar-refractivity contribution < 1.29 is 19.0 Å². The summed E-state index contributed by atoms with van der Waals surface area (Å²) in [6, 6.07) is 14.1. The van der Waals surface area contributed by atoms with Gasteiger partial charge in [-0.25, -0.2) is 0 Å². The monoisotopic (exact) mass is 381 g/mol. The first-order valence-corrected chi connectivity index (χ1v) is 9.91.